The van der Waals surface area contributed by atoms with E-state index in [1.54, 1.807) is 6.07 Å². The molecule has 7 heteroatoms. The number of hydrogen-bond donors (Lipinski definition) is 2. The van der Waals surface area contributed by atoms with Crippen LogP contribution >= 0.6 is 11.6 Å². The second kappa shape index (κ2) is 7.89. The van der Waals surface area contributed by atoms with E-state index in [9.17, 15) is 9.59 Å². The van der Waals surface area contributed by atoms with Crippen LogP contribution in [0, 0.1) is 0 Å². The van der Waals surface area contributed by atoms with E-state index in [1.807, 2.05) is 41.3 Å². The highest BCUT2D eigenvalue weighted by atomic mass is 35.5. The van der Waals surface area contributed by atoms with Crippen LogP contribution in [-0.2, 0) is 16.0 Å². The highest BCUT2D eigenvalue weighted by molar-refractivity contribution is 6.31. The number of H-pyrrole nitrogens is 1. The van der Waals surface area contributed by atoms with Crippen LogP contribution in [0.25, 0.3) is 10.9 Å². The standard InChI is InChI=1S/C22H22ClN3O3/c1-13(27)29-16-4-2-3-14(11-16)22-21-17(8-10-26(22)20(28)7-9-24)18-12-15(23)5-6-19(18)25-21/h2-6,11-12,22,25H,7-10,24H2,1H3. The molecule has 2 aromatic carbocycles. The minimum atomic E-state index is -0.386. The Morgan fingerprint density at radius 1 is 1.28 bits per heavy atom. The number of carbonyl (C=O) groups excluding carboxylic acids is 2. The molecular weight excluding hydrogens is 390 g/mol. The Morgan fingerprint density at radius 3 is 2.86 bits per heavy atom. The lowest BCUT2D eigenvalue weighted by Gasteiger charge is -2.36. The average Bonchev–Trinajstić information content (AvgIpc) is 3.05. The van der Waals surface area contributed by atoms with Crippen molar-refractivity contribution in [3.63, 3.8) is 0 Å². The minimum Gasteiger partial charge on any atom is -0.427 e. The molecule has 0 saturated carbocycles. The number of nitrogens with zero attached hydrogens (tertiary/aromatic N) is 1. The molecule has 4 rings (SSSR count). The number of esters is 1. The van der Waals surface area contributed by atoms with E-state index in [0.717, 1.165) is 34.1 Å². The molecule has 3 N–H and O–H groups in total. The molecule has 1 aliphatic rings. The first-order chi connectivity index (χ1) is 14.0. The molecule has 1 aliphatic heterocycles. The van der Waals surface area contributed by atoms with E-state index in [1.165, 1.54) is 6.92 Å². The summed E-state index contributed by atoms with van der Waals surface area (Å²) in [6, 6.07) is 12.7. The van der Waals surface area contributed by atoms with Gasteiger partial charge in [0, 0.05) is 48.1 Å². The number of nitrogens with two attached hydrogens (primary N) is 1. The van der Waals surface area contributed by atoms with Gasteiger partial charge in [0.1, 0.15) is 5.75 Å². The number of carbonyl (C=O) groups is 2. The topological polar surface area (TPSA) is 88.4 Å². The maximum atomic E-state index is 12.8. The quantitative estimate of drug-likeness (QED) is 0.507. The van der Waals surface area contributed by atoms with Crippen LogP contribution < -0.4 is 10.5 Å². The van der Waals surface area contributed by atoms with E-state index < -0.39 is 0 Å². The van der Waals surface area contributed by atoms with Crippen LogP contribution in [0.4, 0.5) is 0 Å². The molecule has 1 unspecified atom stereocenters. The summed E-state index contributed by atoms with van der Waals surface area (Å²) >= 11 is 6.22. The van der Waals surface area contributed by atoms with E-state index in [0.29, 0.717) is 23.9 Å². The Bertz CT molecular complexity index is 1090. The van der Waals surface area contributed by atoms with Gasteiger partial charge in [-0.15, -0.1) is 0 Å². The number of rotatable bonds is 4. The first-order valence-electron chi connectivity index (χ1n) is 9.56. The predicted octanol–water partition coefficient (Wildman–Crippen LogP) is 3.57. The zero-order chi connectivity index (χ0) is 20.5. The van der Waals surface area contributed by atoms with Crippen molar-refractivity contribution in [2.75, 3.05) is 13.1 Å². The van der Waals surface area contributed by atoms with Crippen LogP contribution in [0.3, 0.4) is 0 Å². The van der Waals surface area contributed by atoms with Gasteiger partial charge in [0.15, 0.2) is 0 Å². The lowest BCUT2D eigenvalue weighted by Crippen LogP contribution is -2.41. The van der Waals surface area contributed by atoms with Crippen LogP contribution in [0.1, 0.15) is 36.2 Å². The summed E-state index contributed by atoms with van der Waals surface area (Å²) in [6.45, 7) is 2.24. The van der Waals surface area contributed by atoms with Gasteiger partial charge in [-0.1, -0.05) is 23.7 Å². The van der Waals surface area contributed by atoms with Gasteiger partial charge in [0.25, 0.3) is 0 Å². The Kier molecular flexibility index (Phi) is 5.30. The summed E-state index contributed by atoms with van der Waals surface area (Å²) in [7, 11) is 0. The third kappa shape index (κ3) is 3.73. The number of nitrogens with one attached hydrogen (secondary N) is 1. The molecule has 2 heterocycles. The van der Waals surface area contributed by atoms with Gasteiger partial charge in [-0.3, -0.25) is 9.59 Å². The zero-order valence-electron chi connectivity index (χ0n) is 16.1. The second-order valence-electron chi connectivity index (χ2n) is 7.15. The van der Waals surface area contributed by atoms with Crippen molar-refractivity contribution in [2.24, 2.45) is 5.73 Å². The van der Waals surface area contributed by atoms with Crippen LogP contribution in [0.15, 0.2) is 42.5 Å². The van der Waals surface area contributed by atoms with Crippen LogP contribution in [0.2, 0.25) is 5.02 Å². The van der Waals surface area contributed by atoms with Gasteiger partial charge < -0.3 is 20.4 Å². The van der Waals surface area contributed by atoms with E-state index in [2.05, 4.69) is 4.98 Å². The van der Waals surface area contributed by atoms with E-state index >= 15 is 0 Å². The minimum absolute atomic E-state index is 0.00210. The molecule has 1 amide bonds. The van der Waals surface area contributed by atoms with Gasteiger partial charge in [-0.2, -0.15) is 0 Å². The van der Waals surface area contributed by atoms with Gasteiger partial charge in [-0.05, 0) is 47.9 Å². The molecule has 0 aliphatic carbocycles. The van der Waals surface area contributed by atoms with E-state index in [-0.39, 0.29) is 24.3 Å². The molecular formula is C22H22ClN3O3. The van der Waals surface area contributed by atoms with Crippen molar-refractivity contribution < 1.29 is 14.3 Å². The number of benzene rings is 2. The average molecular weight is 412 g/mol. The van der Waals surface area contributed by atoms with Gasteiger partial charge in [0.05, 0.1) is 6.04 Å². The van der Waals surface area contributed by atoms with Crippen LogP contribution in [0.5, 0.6) is 5.75 Å². The lowest BCUT2D eigenvalue weighted by atomic mass is 9.92. The van der Waals surface area contributed by atoms with E-state index in [4.69, 9.17) is 22.1 Å². The molecule has 150 valence electrons. The van der Waals surface area contributed by atoms with Gasteiger partial charge in [0.2, 0.25) is 5.91 Å². The molecule has 0 fully saturated rings. The third-order valence-electron chi connectivity index (χ3n) is 5.20. The van der Waals surface area contributed by atoms with Crippen molar-refractivity contribution in [1.29, 1.82) is 0 Å². The lowest BCUT2D eigenvalue weighted by molar-refractivity contribution is -0.133. The molecule has 3 aromatic rings. The van der Waals surface area contributed by atoms with Crippen LogP contribution in [-0.4, -0.2) is 34.8 Å². The first-order valence-corrected chi connectivity index (χ1v) is 9.93. The predicted molar refractivity (Wildman–Crippen MR) is 112 cm³/mol. The highest BCUT2D eigenvalue weighted by Crippen LogP contribution is 2.40. The number of fused-ring (bicyclic) bond motifs is 3. The number of amides is 1. The van der Waals surface area contributed by atoms with Crippen molar-refractivity contribution in [3.05, 3.63) is 64.3 Å². The SMILES string of the molecule is CC(=O)Oc1cccc(C2c3[nH]c4ccc(Cl)cc4c3CCN2C(=O)CCN)c1. The van der Waals surface area contributed by atoms with Crippen molar-refractivity contribution in [2.45, 2.75) is 25.8 Å². The third-order valence-corrected chi connectivity index (χ3v) is 5.44. The fourth-order valence-electron chi connectivity index (χ4n) is 4.06. The molecule has 0 spiro atoms. The molecule has 1 aromatic heterocycles. The van der Waals surface area contributed by atoms with Crippen molar-refractivity contribution in [1.82, 2.24) is 9.88 Å². The monoisotopic (exact) mass is 411 g/mol. The first kappa shape index (κ1) is 19.5. The maximum Gasteiger partial charge on any atom is 0.308 e. The number of aromatic amines is 1. The Hall–Kier alpha value is -2.83. The number of ether oxygens (including phenoxy) is 1. The number of halogens is 1. The summed E-state index contributed by atoms with van der Waals surface area (Å²) < 4.78 is 5.26. The Balaban J connectivity index is 1.86. The number of aromatic nitrogens is 1. The summed E-state index contributed by atoms with van der Waals surface area (Å²) in [5.74, 6) is 0.0630. The number of hydrogen-bond acceptors (Lipinski definition) is 4. The largest absolute Gasteiger partial charge is 0.427 e. The fourth-order valence-corrected chi connectivity index (χ4v) is 4.23. The molecule has 29 heavy (non-hydrogen) atoms. The Morgan fingerprint density at radius 2 is 2.10 bits per heavy atom. The fraction of sp³-hybridized carbons (Fsp3) is 0.273. The van der Waals surface area contributed by atoms with Gasteiger partial charge >= 0.3 is 5.97 Å². The normalized spacial score (nSPS) is 16.0. The molecule has 1 atom stereocenters. The van der Waals surface area contributed by atoms with Crippen molar-refractivity contribution in [3.8, 4) is 5.75 Å². The summed E-state index contributed by atoms with van der Waals surface area (Å²) in [5.41, 5.74) is 9.60. The molecule has 0 bridgehead atoms. The summed E-state index contributed by atoms with van der Waals surface area (Å²) in [5, 5.41) is 1.74. The summed E-state index contributed by atoms with van der Waals surface area (Å²) in [6.07, 6.45) is 1.01. The molecule has 0 radical (unpaired) electrons. The summed E-state index contributed by atoms with van der Waals surface area (Å²) in [4.78, 5) is 29.6. The van der Waals surface area contributed by atoms with Crippen molar-refractivity contribution >= 4 is 34.4 Å². The zero-order valence-corrected chi connectivity index (χ0v) is 16.8. The smallest absolute Gasteiger partial charge is 0.308 e. The maximum absolute atomic E-state index is 12.8. The molecule has 0 saturated heterocycles. The molecule has 6 nitrogen and oxygen atoms in total. The Labute approximate surface area is 173 Å². The second-order valence-corrected chi connectivity index (χ2v) is 7.59. The highest BCUT2D eigenvalue weighted by Gasteiger charge is 2.34. The van der Waals surface area contributed by atoms with Gasteiger partial charge in [-0.25, -0.2) is 0 Å².